The van der Waals surface area contributed by atoms with Crippen LogP contribution < -0.4 is 5.32 Å². The van der Waals surface area contributed by atoms with Gasteiger partial charge in [-0.2, -0.15) is 0 Å². The van der Waals surface area contributed by atoms with Gasteiger partial charge in [0.25, 0.3) is 10.0 Å². The lowest BCUT2D eigenvalue weighted by atomic mass is 10.4. The molecule has 1 aromatic carbocycles. The van der Waals surface area contributed by atoms with Gasteiger partial charge in [-0.1, -0.05) is 22.7 Å². The number of hydrogen-bond acceptors (Lipinski definition) is 5. The minimum atomic E-state index is -4.11. The van der Waals surface area contributed by atoms with Crippen LogP contribution in [0, 0.1) is 0 Å². The Morgan fingerprint density at radius 2 is 1.90 bits per heavy atom. The molecular weight excluding hydrogens is 294 g/mol. The Hall–Kier alpha value is -2.29. The van der Waals surface area contributed by atoms with Gasteiger partial charge >= 0.3 is 0 Å². The van der Waals surface area contributed by atoms with Crippen molar-refractivity contribution in [3.8, 4) is 0 Å². The molecule has 1 aromatic heterocycles. The summed E-state index contributed by atoms with van der Waals surface area (Å²) in [6, 6.07) is 10.6. The highest BCUT2D eigenvalue weighted by Crippen LogP contribution is 2.13. The highest BCUT2D eigenvalue weighted by atomic mass is 32.2. The molecule has 7 nitrogen and oxygen atoms in total. The molecule has 0 aliphatic carbocycles. The quantitative estimate of drug-likeness (QED) is 0.806. The fraction of sp³-hybridized carbons (Fsp3) is 0.0769. The van der Waals surface area contributed by atoms with Crippen LogP contribution in [-0.4, -0.2) is 35.5 Å². The van der Waals surface area contributed by atoms with Gasteiger partial charge in [0.15, 0.2) is 0 Å². The lowest BCUT2D eigenvalue weighted by Gasteiger charge is -2.14. The normalized spacial score (nSPS) is 11.3. The summed E-state index contributed by atoms with van der Waals surface area (Å²) in [6.07, 6.45) is 2.94. The van der Waals surface area contributed by atoms with Crippen LogP contribution in [0.2, 0.25) is 0 Å². The smallest absolute Gasteiger partial charge is 0.265 e. The first-order valence-electron chi connectivity index (χ1n) is 5.97. The van der Waals surface area contributed by atoms with Crippen molar-refractivity contribution in [2.75, 3.05) is 11.9 Å². The monoisotopic (exact) mass is 307 g/mol. The third kappa shape index (κ3) is 3.85. The largest absolute Gasteiger partial charge is 0.323 e. The first-order chi connectivity index (χ1) is 10.00. The van der Waals surface area contributed by atoms with Gasteiger partial charge in [0.05, 0.1) is 16.8 Å². The molecule has 1 amide bonds. The summed E-state index contributed by atoms with van der Waals surface area (Å²) < 4.78 is 24.0. The molecule has 0 fully saturated rings. The van der Waals surface area contributed by atoms with Crippen molar-refractivity contribution in [2.45, 2.75) is 4.90 Å². The lowest BCUT2D eigenvalue weighted by molar-refractivity contribution is -0.121. The van der Waals surface area contributed by atoms with E-state index in [1.54, 1.807) is 18.2 Å². The molecule has 2 rings (SSSR count). The maximum Gasteiger partial charge on any atom is 0.265 e. The number of pyridine rings is 1. The maximum absolute atomic E-state index is 12.0. The number of hydrogen-bond donors (Lipinski definition) is 2. The van der Waals surface area contributed by atoms with Crippen molar-refractivity contribution in [2.24, 2.45) is 0 Å². The molecule has 0 aliphatic heterocycles. The molecule has 0 atom stereocenters. The SMILES string of the molecule is O=C(CN(O)S(=O)(=O)c1ccccc1)Nc1cccnc1. The van der Waals surface area contributed by atoms with E-state index in [0.717, 1.165) is 0 Å². The zero-order chi connectivity index (χ0) is 15.3. The maximum atomic E-state index is 12.0. The van der Waals surface area contributed by atoms with Gasteiger partial charge in [-0.3, -0.25) is 15.0 Å². The molecule has 110 valence electrons. The minimum absolute atomic E-state index is 0.00797. The second kappa shape index (κ2) is 6.44. The van der Waals surface area contributed by atoms with Crippen LogP contribution in [0.15, 0.2) is 59.8 Å². The topological polar surface area (TPSA) is 99.6 Å². The molecular formula is C13H13N3O4S. The molecule has 0 unspecified atom stereocenters. The summed E-state index contributed by atoms with van der Waals surface area (Å²) in [4.78, 5) is 15.4. The standard InChI is InChI=1S/C13H13N3O4S/c17-13(15-11-5-4-8-14-9-11)10-16(18)21(19,20)12-6-2-1-3-7-12/h1-9,18H,10H2,(H,15,17). The van der Waals surface area contributed by atoms with Crippen LogP contribution in [0.3, 0.4) is 0 Å². The van der Waals surface area contributed by atoms with E-state index in [0.29, 0.717) is 5.69 Å². The van der Waals surface area contributed by atoms with Crippen LogP contribution in [0.5, 0.6) is 0 Å². The van der Waals surface area contributed by atoms with E-state index in [1.165, 1.54) is 36.7 Å². The molecule has 2 aromatic rings. The number of nitrogens with one attached hydrogen (secondary N) is 1. The number of amides is 1. The molecule has 0 saturated heterocycles. The summed E-state index contributed by atoms with van der Waals surface area (Å²) in [5.41, 5.74) is 0.410. The second-order valence-electron chi connectivity index (χ2n) is 4.09. The lowest BCUT2D eigenvalue weighted by Crippen LogP contribution is -2.35. The number of rotatable bonds is 5. The summed E-state index contributed by atoms with van der Waals surface area (Å²) in [6.45, 7) is -0.716. The number of hydroxylamine groups is 1. The number of aromatic nitrogens is 1. The predicted octanol–water partition coefficient (Wildman–Crippen LogP) is 1.10. The van der Waals surface area contributed by atoms with Gasteiger partial charge in [-0.05, 0) is 24.3 Å². The number of anilines is 1. The highest BCUT2D eigenvalue weighted by molar-refractivity contribution is 7.89. The van der Waals surface area contributed by atoms with Crippen molar-refractivity contribution in [3.05, 3.63) is 54.9 Å². The molecule has 21 heavy (non-hydrogen) atoms. The third-order valence-corrected chi connectivity index (χ3v) is 4.09. The molecule has 0 saturated carbocycles. The number of sulfonamides is 1. The Morgan fingerprint density at radius 3 is 2.52 bits per heavy atom. The van der Waals surface area contributed by atoms with E-state index in [2.05, 4.69) is 10.3 Å². The third-order valence-electron chi connectivity index (χ3n) is 2.54. The van der Waals surface area contributed by atoms with Crippen molar-refractivity contribution in [1.82, 2.24) is 9.45 Å². The Labute approximate surface area is 121 Å². The Balaban J connectivity index is 2.04. The Morgan fingerprint density at radius 1 is 1.19 bits per heavy atom. The van der Waals surface area contributed by atoms with Crippen molar-refractivity contribution in [1.29, 1.82) is 0 Å². The molecule has 0 spiro atoms. The van der Waals surface area contributed by atoms with Crippen LogP contribution >= 0.6 is 0 Å². The number of carbonyl (C=O) groups is 1. The molecule has 8 heteroatoms. The van der Waals surface area contributed by atoms with E-state index in [1.807, 2.05) is 0 Å². The number of nitrogens with zero attached hydrogens (tertiary/aromatic N) is 2. The predicted molar refractivity (Wildman–Crippen MR) is 75.0 cm³/mol. The van der Waals surface area contributed by atoms with Crippen LogP contribution in [0.4, 0.5) is 5.69 Å². The fourth-order valence-electron chi connectivity index (χ4n) is 1.56. The van der Waals surface area contributed by atoms with Gasteiger partial charge in [-0.15, -0.1) is 0 Å². The van der Waals surface area contributed by atoms with E-state index in [9.17, 15) is 18.4 Å². The van der Waals surface area contributed by atoms with Crippen molar-refractivity contribution < 1.29 is 18.4 Å². The summed E-state index contributed by atoms with van der Waals surface area (Å²) in [5.74, 6) is -0.676. The van der Waals surface area contributed by atoms with Crippen molar-refractivity contribution in [3.63, 3.8) is 0 Å². The summed E-state index contributed by atoms with van der Waals surface area (Å²) in [7, 11) is -4.11. The second-order valence-corrected chi connectivity index (χ2v) is 5.93. The first-order valence-corrected chi connectivity index (χ1v) is 7.41. The zero-order valence-corrected chi connectivity index (χ0v) is 11.7. The Bertz CT molecular complexity index is 705. The molecule has 0 aliphatic rings. The Kier molecular flexibility index (Phi) is 4.63. The van der Waals surface area contributed by atoms with E-state index >= 15 is 0 Å². The molecule has 0 bridgehead atoms. The van der Waals surface area contributed by atoms with Crippen molar-refractivity contribution >= 4 is 21.6 Å². The summed E-state index contributed by atoms with van der Waals surface area (Å²) in [5, 5.41) is 12.1. The average Bonchev–Trinajstić information content (AvgIpc) is 2.49. The van der Waals surface area contributed by atoms with Crippen LogP contribution in [0.1, 0.15) is 0 Å². The van der Waals surface area contributed by atoms with Crippen LogP contribution in [0.25, 0.3) is 0 Å². The number of carbonyl (C=O) groups excluding carboxylic acids is 1. The van der Waals surface area contributed by atoms with Gasteiger partial charge in [-0.25, -0.2) is 8.42 Å². The van der Waals surface area contributed by atoms with Gasteiger partial charge in [0, 0.05) is 6.20 Å². The zero-order valence-electron chi connectivity index (χ0n) is 10.9. The van der Waals surface area contributed by atoms with Gasteiger partial charge < -0.3 is 5.32 Å². The van der Waals surface area contributed by atoms with E-state index in [-0.39, 0.29) is 9.36 Å². The molecule has 1 heterocycles. The average molecular weight is 307 g/mol. The van der Waals surface area contributed by atoms with Gasteiger partial charge in [0.2, 0.25) is 5.91 Å². The fourth-order valence-corrected chi connectivity index (χ4v) is 2.59. The molecule has 0 radical (unpaired) electrons. The van der Waals surface area contributed by atoms with Crippen LogP contribution in [-0.2, 0) is 14.8 Å². The first kappa shape index (κ1) is 15.1. The molecule has 2 N–H and O–H groups in total. The van der Waals surface area contributed by atoms with Gasteiger partial charge in [0.1, 0.15) is 6.54 Å². The minimum Gasteiger partial charge on any atom is -0.323 e. The number of benzene rings is 1. The van der Waals surface area contributed by atoms with E-state index in [4.69, 9.17) is 0 Å². The van der Waals surface area contributed by atoms with E-state index < -0.39 is 22.5 Å². The summed E-state index contributed by atoms with van der Waals surface area (Å²) >= 11 is 0. The highest BCUT2D eigenvalue weighted by Gasteiger charge is 2.24.